The van der Waals surface area contributed by atoms with E-state index in [-0.39, 0.29) is 11.4 Å². The number of hydrogen-bond acceptors (Lipinski definition) is 3. The predicted octanol–water partition coefficient (Wildman–Crippen LogP) is 6.53. The molecule has 0 bridgehead atoms. The molecule has 3 nitrogen and oxygen atoms in total. The van der Waals surface area contributed by atoms with Crippen molar-refractivity contribution >= 4 is 5.97 Å². The largest absolute Gasteiger partial charge is 0.469 e. The zero-order valence-corrected chi connectivity index (χ0v) is 20.0. The van der Waals surface area contributed by atoms with Crippen LogP contribution in [0.15, 0.2) is 66.3 Å². The summed E-state index contributed by atoms with van der Waals surface area (Å²) in [4.78, 5) is 11.3. The second-order valence-electron chi connectivity index (χ2n) is 9.37. The predicted molar refractivity (Wildman–Crippen MR) is 134 cm³/mol. The van der Waals surface area contributed by atoms with Crippen molar-refractivity contribution in [1.82, 2.24) is 0 Å². The molecule has 1 aromatic rings. The Balaban J connectivity index is 1.52. The average molecular weight is 447 g/mol. The Morgan fingerprint density at radius 3 is 2.76 bits per heavy atom. The number of esters is 1. The van der Waals surface area contributed by atoms with Gasteiger partial charge in [0.25, 0.3) is 0 Å². The Morgan fingerprint density at radius 2 is 2.03 bits per heavy atom. The maximum Gasteiger partial charge on any atom is 0.305 e. The molecule has 0 unspecified atom stereocenters. The number of aliphatic hydroxyl groups is 1. The fourth-order valence-electron chi connectivity index (χ4n) is 4.80. The SMILES string of the molecule is COC(=O)CCC/C=C1\CCCC[C@H]1/C=C/C=C/[C@H](O)C1(CC#Cc2ccccc2)CCC1. The average Bonchev–Trinajstić information content (AvgIpc) is 2.82. The lowest BCUT2D eigenvalue weighted by Gasteiger charge is -2.43. The Morgan fingerprint density at radius 1 is 1.21 bits per heavy atom. The van der Waals surface area contributed by atoms with Gasteiger partial charge in [-0.2, -0.15) is 0 Å². The molecule has 0 amide bonds. The third kappa shape index (κ3) is 7.76. The first-order valence-electron chi connectivity index (χ1n) is 12.5. The minimum atomic E-state index is -0.458. The summed E-state index contributed by atoms with van der Waals surface area (Å²) in [5, 5.41) is 10.9. The molecule has 1 aromatic carbocycles. The molecule has 2 aliphatic carbocycles. The van der Waals surface area contributed by atoms with E-state index in [9.17, 15) is 9.90 Å². The van der Waals surface area contributed by atoms with Gasteiger partial charge in [-0.15, -0.1) is 0 Å². The summed E-state index contributed by atoms with van der Waals surface area (Å²) < 4.78 is 4.72. The van der Waals surface area contributed by atoms with Gasteiger partial charge >= 0.3 is 5.97 Å². The summed E-state index contributed by atoms with van der Waals surface area (Å²) in [6.45, 7) is 0. The number of ether oxygens (including phenoxy) is 1. The monoisotopic (exact) mass is 446 g/mol. The van der Waals surface area contributed by atoms with Gasteiger partial charge in [0, 0.05) is 23.8 Å². The highest BCUT2D eigenvalue weighted by Gasteiger charge is 2.41. The molecule has 2 saturated carbocycles. The van der Waals surface area contributed by atoms with E-state index in [0.29, 0.717) is 12.3 Å². The van der Waals surface area contributed by atoms with E-state index in [2.05, 4.69) is 30.1 Å². The normalized spacial score (nSPS) is 22.0. The highest BCUT2D eigenvalue weighted by atomic mass is 16.5. The van der Waals surface area contributed by atoms with E-state index in [1.54, 1.807) is 0 Å². The van der Waals surface area contributed by atoms with Gasteiger partial charge in [0.1, 0.15) is 0 Å². The van der Waals surface area contributed by atoms with Crippen LogP contribution in [0.2, 0.25) is 0 Å². The molecule has 0 aromatic heterocycles. The van der Waals surface area contributed by atoms with Gasteiger partial charge in [-0.25, -0.2) is 0 Å². The van der Waals surface area contributed by atoms with Crippen LogP contribution >= 0.6 is 0 Å². The van der Waals surface area contributed by atoms with Crippen molar-refractivity contribution in [3.8, 4) is 11.8 Å². The Kier molecular flexibility index (Phi) is 10.0. The second kappa shape index (κ2) is 13.2. The first-order chi connectivity index (χ1) is 16.1. The molecule has 3 rings (SSSR count). The van der Waals surface area contributed by atoms with Gasteiger partial charge < -0.3 is 9.84 Å². The van der Waals surface area contributed by atoms with E-state index < -0.39 is 6.10 Å². The lowest BCUT2D eigenvalue weighted by Crippen LogP contribution is -2.40. The molecular weight excluding hydrogens is 408 g/mol. The highest BCUT2D eigenvalue weighted by molar-refractivity contribution is 5.69. The van der Waals surface area contributed by atoms with Gasteiger partial charge in [0.2, 0.25) is 0 Å². The fraction of sp³-hybridized carbons (Fsp3) is 0.500. The number of carbonyl (C=O) groups excluding carboxylic acids is 1. The molecule has 2 atom stereocenters. The summed E-state index contributed by atoms with van der Waals surface area (Å²) in [5.41, 5.74) is 2.42. The Bertz CT molecular complexity index is 893. The summed E-state index contributed by atoms with van der Waals surface area (Å²) in [7, 11) is 1.44. The van der Waals surface area contributed by atoms with Crippen molar-refractivity contribution in [1.29, 1.82) is 0 Å². The molecule has 33 heavy (non-hydrogen) atoms. The molecular formula is C30H38O3. The fourth-order valence-corrected chi connectivity index (χ4v) is 4.80. The zero-order chi connectivity index (χ0) is 23.4. The van der Waals surface area contributed by atoms with Crippen LogP contribution in [0.4, 0.5) is 0 Å². The van der Waals surface area contributed by atoms with E-state index >= 15 is 0 Å². The smallest absolute Gasteiger partial charge is 0.305 e. The van der Waals surface area contributed by atoms with Crippen molar-refractivity contribution in [3.63, 3.8) is 0 Å². The number of methoxy groups -OCH3 is 1. The highest BCUT2D eigenvalue weighted by Crippen LogP contribution is 2.47. The summed E-state index contributed by atoms with van der Waals surface area (Å²) in [5.74, 6) is 6.88. The molecule has 176 valence electrons. The summed E-state index contributed by atoms with van der Waals surface area (Å²) in [6, 6.07) is 10.0. The van der Waals surface area contributed by atoms with Crippen molar-refractivity contribution in [2.75, 3.05) is 7.11 Å². The molecule has 0 saturated heterocycles. The maximum atomic E-state index is 11.3. The zero-order valence-electron chi connectivity index (χ0n) is 20.0. The van der Waals surface area contributed by atoms with Crippen LogP contribution in [0.3, 0.4) is 0 Å². The molecule has 0 radical (unpaired) electrons. The van der Waals surface area contributed by atoms with Gasteiger partial charge in [-0.3, -0.25) is 4.79 Å². The van der Waals surface area contributed by atoms with E-state index in [0.717, 1.165) is 44.1 Å². The van der Waals surface area contributed by atoms with Crippen molar-refractivity contribution in [2.24, 2.45) is 11.3 Å². The minimum absolute atomic E-state index is 0.0956. The summed E-state index contributed by atoms with van der Waals surface area (Å²) in [6.07, 6.45) is 21.2. The summed E-state index contributed by atoms with van der Waals surface area (Å²) >= 11 is 0. The number of benzene rings is 1. The lowest BCUT2D eigenvalue weighted by atomic mass is 9.63. The van der Waals surface area contributed by atoms with Crippen molar-refractivity contribution in [3.05, 3.63) is 71.8 Å². The van der Waals surface area contributed by atoms with E-state index in [1.165, 1.54) is 38.4 Å². The van der Waals surface area contributed by atoms with E-state index in [1.807, 2.05) is 42.5 Å². The van der Waals surface area contributed by atoms with Crippen LogP contribution in [0.25, 0.3) is 0 Å². The minimum Gasteiger partial charge on any atom is -0.469 e. The van der Waals surface area contributed by atoms with Crippen molar-refractivity contribution < 1.29 is 14.6 Å². The first kappa shape index (κ1) is 25.1. The van der Waals surface area contributed by atoms with Crippen molar-refractivity contribution in [2.45, 2.75) is 76.7 Å². The standard InChI is InChI=1S/C30H38O3/c1-33-29(32)21-10-8-19-27-17-6-5-16-26(27)18-7-9-20-28(31)30(23-12-24-30)22-11-15-25-13-3-2-4-14-25/h2-4,7,9,13-14,18-20,26,28,31H,5-6,8,10,12,16-17,21-24H2,1H3/b18-7+,20-9+,27-19+/t26-,28-/m0/s1. The Labute approximate surface area is 199 Å². The molecule has 2 fully saturated rings. The molecule has 0 aliphatic heterocycles. The molecule has 1 N–H and O–H groups in total. The van der Waals surface area contributed by atoms with Crippen LogP contribution in [-0.2, 0) is 9.53 Å². The van der Waals surface area contributed by atoms with Gasteiger partial charge in [-0.05, 0) is 63.0 Å². The molecule has 0 spiro atoms. The number of allylic oxidation sites excluding steroid dienone is 5. The lowest BCUT2D eigenvalue weighted by molar-refractivity contribution is -0.140. The number of unbranched alkanes of at least 4 members (excludes halogenated alkanes) is 1. The van der Waals surface area contributed by atoms with Crippen LogP contribution in [-0.4, -0.2) is 24.3 Å². The van der Waals surface area contributed by atoms with Crippen LogP contribution in [0, 0.1) is 23.2 Å². The van der Waals surface area contributed by atoms with Gasteiger partial charge in [0.15, 0.2) is 0 Å². The number of hydrogen-bond donors (Lipinski definition) is 1. The molecule has 2 aliphatic rings. The van der Waals surface area contributed by atoms with Crippen LogP contribution < -0.4 is 0 Å². The maximum absolute atomic E-state index is 11.3. The number of aliphatic hydroxyl groups excluding tert-OH is 1. The topological polar surface area (TPSA) is 46.5 Å². The number of rotatable bonds is 9. The van der Waals surface area contributed by atoms with Gasteiger partial charge in [-0.1, -0.05) is 78.8 Å². The van der Waals surface area contributed by atoms with Crippen LogP contribution in [0.5, 0.6) is 0 Å². The van der Waals surface area contributed by atoms with Crippen LogP contribution in [0.1, 0.15) is 76.2 Å². The molecule has 0 heterocycles. The first-order valence-corrected chi connectivity index (χ1v) is 12.5. The second-order valence-corrected chi connectivity index (χ2v) is 9.37. The van der Waals surface area contributed by atoms with E-state index in [4.69, 9.17) is 4.74 Å². The third-order valence-electron chi connectivity index (χ3n) is 7.10. The Hall–Kier alpha value is -2.57. The quantitative estimate of drug-likeness (QED) is 0.154. The number of carbonyl (C=O) groups is 1. The van der Waals surface area contributed by atoms with Gasteiger partial charge in [0.05, 0.1) is 13.2 Å². The third-order valence-corrected chi connectivity index (χ3v) is 7.10. The molecule has 3 heteroatoms.